The summed E-state index contributed by atoms with van der Waals surface area (Å²) in [5.41, 5.74) is 0.108. The normalized spacial score (nSPS) is 13.4. The standard InChI is InChI=1S/2C8H20NO.H2O4S/c2*1-8(2,7-10)6-9(3,4)5;1-5(2,3)4/h2*10H,6-7H2,1-5H3;(H2,1,2,3,4)/q2*+1;/p-2. The highest BCUT2D eigenvalue weighted by atomic mass is 32.3. The summed E-state index contributed by atoms with van der Waals surface area (Å²) in [6, 6.07) is 0. The van der Waals surface area contributed by atoms with E-state index in [1.807, 2.05) is 0 Å². The molecule has 0 saturated carbocycles. The maximum Gasteiger partial charge on any atom is 0.0854 e. The average Bonchev–Trinajstić information content (AvgIpc) is 2.21. The minimum Gasteiger partial charge on any atom is -0.759 e. The quantitative estimate of drug-likeness (QED) is 0.378. The molecule has 0 aliphatic carbocycles. The molecule has 0 aromatic heterocycles. The molecule has 8 nitrogen and oxygen atoms in total. The van der Waals surface area contributed by atoms with Gasteiger partial charge in [-0.2, -0.15) is 0 Å². The van der Waals surface area contributed by atoms with Gasteiger partial charge in [-0.05, 0) is 0 Å². The van der Waals surface area contributed by atoms with E-state index in [0.29, 0.717) is 0 Å². The van der Waals surface area contributed by atoms with Crippen molar-refractivity contribution in [2.45, 2.75) is 27.7 Å². The number of hydrogen-bond acceptors (Lipinski definition) is 6. The Kier molecular flexibility index (Phi) is 12.7. The van der Waals surface area contributed by atoms with E-state index in [4.69, 9.17) is 27.7 Å². The molecule has 0 spiro atoms. The van der Waals surface area contributed by atoms with Crippen LogP contribution in [0.1, 0.15) is 27.7 Å². The van der Waals surface area contributed by atoms with Gasteiger partial charge in [0.2, 0.25) is 0 Å². The van der Waals surface area contributed by atoms with Crippen molar-refractivity contribution in [2.24, 2.45) is 10.8 Å². The van der Waals surface area contributed by atoms with Gasteiger partial charge >= 0.3 is 0 Å². The van der Waals surface area contributed by atoms with E-state index < -0.39 is 10.4 Å². The van der Waals surface area contributed by atoms with E-state index >= 15 is 0 Å². The average molecular weight is 389 g/mol. The lowest BCUT2D eigenvalue weighted by atomic mass is 9.94. The van der Waals surface area contributed by atoms with Gasteiger partial charge in [-0.25, -0.2) is 0 Å². The van der Waals surface area contributed by atoms with Gasteiger partial charge in [0.25, 0.3) is 0 Å². The number of aliphatic hydroxyl groups is 2. The fraction of sp³-hybridized carbons (Fsp3) is 1.00. The number of quaternary nitrogens is 2. The molecule has 156 valence electrons. The van der Waals surface area contributed by atoms with Crippen molar-refractivity contribution in [3.8, 4) is 0 Å². The van der Waals surface area contributed by atoms with Gasteiger partial charge < -0.3 is 28.3 Å². The third-order valence-corrected chi connectivity index (χ3v) is 2.66. The first-order chi connectivity index (χ1) is 10.5. The lowest BCUT2D eigenvalue weighted by Gasteiger charge is -2.32. The molecule has 0 bridgehead atoms. The Morgan fingerprint density at radius 3 is 0.920 bits per heavy atom. The second kappa shape index (κ2) is 10.8. The highest BCUT2D eigenvalue weighted by molar-refractivity contribution is 7.79. The largest absolute Gasteiger partial charge is 0.759 e. The van der Waals surface area contributed by atoms with Crippen LogP contribution in [0.3, 0.4) is 0 Å². The minimum absolute atomic E-state index is 0.0538. The smallest absolute Gasteiger partial charge is 0.0854 e. The monoisotopic (exact) mass is 388 g/mol. The van der Waals surface area contributed by atoms with Crippen LogP contribution >= 0.6 is 0 Å². The van der Waals surface area contributed by atoms with Crippen LogP contribution in [0.5, 0.6) is 0 Å². The maximum atomic E-state index is 8.95. The molecule has 0 aromatic carbocycles. The Morgan fingerprint density at radius 1 is 0.720 bits per heavy atom. The van der Waals surface area contributed by atoms with Crippen LogP contribution in [0.25, 0.3) is 0 Å². The van der Waals surface area contributed by atoms with Crippen LogP contribution in [0.2, 0.25) is 0 Å². The molecule has 0 atom stereocenters. The summed E-state index contributed by atoms with van der Waals surface area (Å²) in [6.07, 6.45) is 0. The molecule has 2 N–H and O–H groups in total. The minimum atomic E-state index is -5.17. The van der Waals surface area contributed by atoms with Crippen LogP contribution in [0.15, 0.2) is 0 Å². The zero-order valence-corrected chi connectivity index (χ0v) is 18.5. The van der Waals surface area contributed by atoms with Crippen molar-refractivity contribution in [2.75, 3.05) is 68.6 Å². The van der Waals surface area contributed by atoms with Gasteiger partial charge in [0.05, 0.1) is 68.6 Å². The van der Waals surface area contributed by atoms with Crippen LogP contribution in [-0.4, -0.2) is 105 Å². The molecule has 0 amide bonds. The van der Waals surface area contributed by atoms with Gasteiger partial charge in [-0.15, -0.1) is 0 Å². The van der Waals surface area contributed by atoms with Crippen molar-refractivity contribution >= 4 is 10.4 Å². The lowest BCUT2D eigenvalue weighted by molar-refractivity contribution is -0.877. The predicted molar refractivity (Wildman–Crippen MR) is 98.0 cm³/mol. The number of nitrogens with zero attached hydrogens (tertiary/aromatic N) is 2. The molecule has 25 heavy (non-hydrogen) atoms. The molecule has 0 aromatic rings. The first kappa shape index (κ1) is 29.5. The molecule has 0 heterocycles. The van der Waals surface area contributed by atoms with E-state index in [9.17, 15) is 0 Å². The predicted octanol–water partition coefficient (Wildman–Crippen LogP) is 0.0842. The summed E-state index contributed by atoms with van der Waals surface area (Å²) in [4.78, 5) is 0. The van der Waals surface area contributed by atoms with Gasteiger partial charge in [-0.1, -0.05) is 27.7 Å². The van der Waals surface area contributed by atoms with Crippen LogP contribution in [-0.2, 0) is 10.4 Å². The van der Waals surface area contributed by atoms with Crippen molar-refractivity contribution in [3.05, 3.63) is 0 Å². The van der Waals surface area contributed by atoms with Crippen LogP contribution < -0.4 is 0 Å². The van der Waals surface area contributed by atoms with Crippen LogP contribution in [0.4, 0.5) is 0 Å². The van der Waals surface area contributed by atoms with E-state index in [1.54, 1.807) is 0 Å². The molecule has 9 heteroatoms. The summed E-state index contributed by atoms with van der Waals surface area (Å²) < 4.78 is 35.9. The Labute approximate surface area is 154 Å². The Bertz CT molecular complexity index is 412. The Balaban J connectivity index is -0.000000308. The topological polar surface area (TPSA) is 121 Å². The van der Waals surface area contributed by atoms with Gasteiger partial charge in [0, 0.05) is 21.2 Å². The fourth-order valence-corrected chi connectivity index (χ4v) is 2.67. The number of hydrogen-bond donors (Lipinski definition) is 2. The molecule has 0 unspecified atom stereocenters. The van der Waals surface area contributed by atoms with Gasteiger partial charge in [0.1, 0.15) is 0 Å². The Hall–Kier alpha value is -0.290. The lowest BCUT2D eigenvalue weighted by Crippen LogP contribution is -2.44. The summed E-state index contributed by atoms with van der Waals surface area (Å²) >= 11 is 0. The molecule has 0 radical (unpaired) electrons. The molecular formula is C16H40N2O6S. The second-order valence-corrected chi connectivity index (χ2v) is 10.8. The molecule has 0 saturated heterocycles. The fourth-order valence-electron chi connectivity index (χ4n) is 2.67. The number of aliphatic hydroxyl groups excluding tert-OH is 2. The summed E-state index contributed by atoms with van der Waals surface area (Å²) in [5, 5.41) is 17.9. The Morgan fingerprint density at radius 2 is 0.880 bits per heavy atom. The van der Waals surface area contributed by atoms with E-state index in [0.717, 1.165) is 22.1 Å². The maximum absolute atomic E-state index is 8.95. The van der Waals surface area contributed by atoms with Crippen molar-refractivity contribution in [3.63, 3.8) is 0 Å². The second-order valence-electron chi connectivity index (χ2n) is 9.95. The van der Waals surface area contributed by atoms with E-state index in [-0.39, 0.29) is 24.0 Å². The zero-order chi connectivity index (χ0) is 21.3. The molecule has 0 aliphatic rings. The summed E-state index contributed by atoms with van der Waals surface area (Å²) in [5.74, 6) is 0. The summed E-state index contributed by atoms with van der Waals surface area (Å²) in [7, 11) is 7.65. The highest BCUT2D eigenvalue weighted by Crippen LogP contribution is 2.17. The van der Waals surface area contributed by atoms with E-state index in [1.165, 1.54) is 0 Å². The first-order valence-corrected chi connectivity index (χ1v) is 9.36. The number of rotatable bonds is 6. The highest BCUT2D eigenvalue weighted by Gasteiger charge is 2.25. The molecule has 0 fully saturated rings. The van der Waals surface area contributed by atoms with Gasteiger partial charge in [-0.3, -0.25) is 8.42 Å². The van der Waals surface area contributed by atoms with E-state index in [2.05, 4.69) is 70.0 Å². The zero-order valence-electron chi connectivity index (χ0n) is 17.7. The first-order valence-electron chi connectivity index (χ1n) is 8.03. The molecule has 0 rings (SSSR count). The van der Waals surface area contributed by atoms with Crippen molar-refractivity contribution in [1.82, 2.24) is 0 Å². The third-order valence-electron chi connectivity index (χ3n) is 2.66. The van der Waals surface area contributed by atoms with Crippen molar-refractivity contribution in [1.29, 1.82) is 0 Å². The van der Waals surface area contributed by atoms with Crippen molar-refractivity contribution < 1.29 is 36.7 Å². The van der Waals surface area contributed by atoms with Gasteiger partial charge in [0.15, 0.2) is 0 Å². The molecule has 0 aliphatic heterocycles. The third kappa shape index (κ3) is 35.6. The SMILES string of the molecule is CC(C)(CO)C[N+](C)(C)C.CC(C)(CO)C[N+](C)(C)C.O=S(=O)([O-])[O-]. The summed E-state index contributed by atoms with van der Waals surface area (Å²) in [6.45, 7) is 10.9. The molecular weight excluding hydrogens is 348 g/mol. The van der Waals surface area contributed by atoms with Crippen LogP contribution in [0, 0.1) is 10.8 Å².